The third-order valence-electron chi connectivity index (χ3n) is 4.60. The molecule has 0 aliphatic carbocycles. The maximum Gasteiger partial charge on any atom is 0.343 e. The van der Waals surface area contributed by atoms with Crippen LogP contribution in [-0.4, -0.2) is 38.7 Å². The number of methoxy groups -OCH3 is 1. The van der Waals surface area contributed by atoms with E-state index in [2.05, 4.69) is 15.4 Å². The maximum atomic E-state index is 12.4. The highest BCUT2D eigenvalue weighted by Crippen LogP contribution is 2.18. The number of benzene rings is 2. The number of ether oxygens (including phenoxy) is 2. The van der Waals surface area contributed by atoms with E-state index in [1.54, 1.807) is 24.3 Å². The molecule has 1 unspecified atom stereocenters. The molecule has 3 rings (SSSR count). The Labute approximate surface area is 158 Å². The molecule has 1 fully saturated rings. The van der Waals surface area contributed by atoms with Gasteiger partial charge in [0.2, 0.25) is 0 Å². The van der Waals surface area contributed by atoms with Crippen molar-refractivity contribution in [2.24, 2.45) is 5.92 Å². The van der Waals surface area contributed by atoms with E-state index < -0.39 is 5.97 Å². The predicted molar refractivity (Wildman–Crippen MR) is 103 cm³/mol. The second-order valence-electron chi connectivity index (χ2n) is 6.60. The van der Waals surface area contributed by atoms with Crippen LogP contribution in [0, 0.1) is 5.92 Å². The SMILES string of the molecule is COC(=O)COc1ccc(NC(=O)c2ccc(CC3CCNC3)cc2)cc1. The molecule has 2 N–H and O–H groups in total. The van der Waals surface area contributed by atoms with Crippen LogP contribution in [0.5, 0.6) is 5.75 Å². The van der Waals surface area contributed by atoms with Crippen LogP contribution in [0.4, 0.5) is 5.69 Å². The highest BCUT2D eigenvalue weighted by molar-refractivity contribution is 6.04. The first-order chi connectivity index (χ1) is 13.1. The van der Waals surface area contributed by atoms with E-state index in [-0.39, 0.29) is 12.5 Å². The molecular weight excluding hydrogens is 344 g/mol. The number of hydrogen-bond donors (Lipinski definition) is 2. The quantitative estimate of drug-likeness (QED) is 0.735. The van der Waals surface area contributed by atoms with Crippen LogP contribution < -0.4 is 15.4 Å². The van der Waals surface area contributed by atoms with Crippen LogP contribution in [0.25, 0.3) is 0 Å². The second-order valence-corrected chi connectivity index (χ2v) is 6.60. The largest absolute Gasteiger partial charge is 0.482 e. The maximum absolute atomic E-state index is 12.4. The van der Waals surface area contributed by atoms with Gasteiger partial charge in [-0.25, -0.2) is 4.79 Å². The number of amides is 1. The van der Waals surface area contributed by atoms with Crippen molar-refractivity contribution in [2.45, 2.75) is 12.8 Å². The molecule has 0 bridgehead atoms. The minimum Gasteiger partial charge on any atom is -0.482 e. The monoisotopic (exact) mass is 368 g/mol. The molecular formula is C21H24N2O4. The summed E-state index contributed by atoms with van der Waals surface area (Å²) >= 11 is 0. The molecule has 1 atom stereocenters. The Hall–Kier alpha value is -2.86. The van der Waals surface area contributed by atoms with Crippen LogP contribution in [0.3, 0.4) is 0 Å². The number of nitrogens with one attached hydrogen (secondary N) is 2. The molecule has 0 aromatic heterocycles. The lowest BCUT2D eigenvalue weighted by Crippen LogP contribution is -2.13. The smallest absolute Gasteiger partial charge is 0.343 e. The molecule has 0 saturated carbocycles. The van der Waals surface area contributed by atoms with Gasteiger partial charge >= 0.3 is 5.97 Å². The number of rotatable bonds is 7. The predicted octanol–water partition coefficient (Wildman–Crippen LogP) is 2.64. The lowest BCUT2D eigenvalue weighted by atomic mass is 9.98. The van der Waals surface area contributed by atoms with Gasteiger partial charge in [-0.15, -0.1) is 0 Å². The van der Waals surface area contributed by atoms with Gasteiger partial charge in [-0.3, -0.25) is 4.79 Å². The Bertz CT molecular complexity index is 766. The third-order valence-corrected chi connectivity index (χ3v) is 4.60. The van der Waals surface area contributed by atoms with Crippen LogP contribution in [-0.2, 0) is 16.0 Å². The molecule has 1 saturated heterocycles. The average Bonchev–Trinajstić information content (AvgIpc) is 3.20. The summed E-state index contributed by atoms with van der Waals surface area (Å²) in [4.78, 5) is 23.5. The van der Waals surface area contributed by atoms with Crippen molar-refractivity contribution in [2.75, 3.05) is 32.1 Å². The van der Waals surface area contributed by atoms with E-state index in [9.17, 15) is 9.59 Å². The van der Waals surface area contributed by atoms with Gasteiger partial charge in [0, 0.05) is 11.3 Å². The number of anilines is 1. The van der Waals surface area contributed by atoms with Crippen LogP contribution in [0.2, 0.25) is 0 Å². The zero-order valence-electron chi connectivity index (χ0n) is 15.4. The Balaban J connectivity index is 1.52. The lowest BCUT2D eigenvalue weighted by molar-refractivity contribution is -0.142. The summed E-state index contributed by atoms with van der Waals surface area (Å²) in [6, 6.07) is 14.6. The van der Waals surface area contributed by atoms with Crippen molar-refractivity contribution in [3.05, 3.63) is 59.7 Å². The topological polar surface area (TPSA) is 76.7 Å². The molecule has 0 spiro atoms. The van der Waals surface area contributed by atoms with Crippen molar-refractivity contribution in [3.8, 4) is 5.75 Å². The molecule has 2 aromatic carbocycles. The summed E-state index contributed by atoms with van der Waals surface area (Å²) < 4.78 is 9.80. The van der Waals surface area contributed by atoms with Gasteiger partial charge < -0.3 is 20.1 Å². The fourth-order valence-electron chi connectivity index (χ4n) is 3.05. The normalized spacial score (nSPS) is 16.0. The minimum atomic E-state index is -0.444. The molecule has 1 aliphatic heterocycles. The van der Waals surface area contributed by atoms with Crippen LogP contribution in [0.15, 0.2) is 48.5 Å². The van der Waals surface area contributed by atoms with Gasteiger partial charge in [-0.05, 0) is 73.8 Å². The summed E-state index contributed by atoms with van der Waals surface area (Å²) in [6.07, 6.45) is 2.25. The van der Waals surface area contributed by atoms with E-state index in [0.717, 1.165) is 19.5 Å². The van der Waals surface area contributed by atoms with Crippen molar-refractivity contribution in [3.63, 3.8) is 0 Å². The summed E-state index contributed by atoms with van der Waals surface area (Å²) in [5.41, 5.74) is 2.54. The van der Waals surface area contributed by atoms with Crippen molar-refractivity contribution in [1.29, 1.82) is 0 Å². The van der Waals surface area contributed by atoms with Crippen LogP contribution >= 0.6 is 0 Å². The molecule has 27 heavy (non-hydrogen) atoms. The molecule has 142 valence electrons. The van der Waals surface area contributed by atoms with Crippen LogP contribution in [0.1, 0.15) is 22.3 Å². The zero-order valence-corrected chi connectivity index (χ0v) is 15.4. The van der Waals surface area contributed by atoms with Gasteiger partial charge in [-0.2, -0.15) is 0 Å². The van der Waals surface area contributed by atoms with Gasteiger partial charge in [0.25, 0.3) is 5.91 Å². The molecule has 1 amide bonds. The van der Waals surface area contributed by atoms with E-state index in [1.807, 2.05) is 24.3 Å². The Kier molecular flexibility index (Phi) is 6.44. The molecule has 6 heteroatoms. The third kappa shape index (κ3) is 5.56. The molecule has 1 aliphatic rings. The van der Waals surface area contributed by atoms with E-state index in [0.29, 0.717) is 22.9 Å². The summed E-state index contributed by atoms with van der Waals surface area (Å²) in [5.74, 6) is 0.612. The van der Waals surface area contributed by atoms with E-state index in [4.69, 9.17) is 4.74 Å². The number of carbonyl (C=O) groups excluding carboxylic acids is 2. The van der Waals surface area contributed by atoms with Gasteiger partial charge in [0.05, 0.1) is 7.11 Å². The first-order valence-electron chi connectivity index (χ1n) is 9.05. The summed E-state index contributed by atoms with van der Waals surface area (Å²) in [7, 11) is 1.31. The van der Waals surface area contributed by atoms with Crippen molar-refractivity contribution >= 4 is 17.6 Å². The first kappa shape index (κ1) is 18.9. The van der Waals surface area contributed by atoms with E-state index in [1.165, 1.54) is 19.1 Å². The Morgan fingerprint density at radius 2 is 1.85 bits per heavy atom. The zero-order chi connectivity index (χ0) is 19.1. The Morgan fingerprint density at radius 1 is 1.11 bits per heavy atom. The number of carbonyl (C=O) groups is 2. The van der Waals surface area contributed by atoms with E-state index >= 15 is 0 Å². The molecule has 2 aromatic rings. The van der Waals surface area contributed by atoms with Crippen molar-refractivity contribution in [1.82, 2.24) is 5.32 Å². The first-order valence-corrected chi connectivity index (χ1v) is 9.05. The fourth-order valence-corrected chi connectivity index (χ4v) is 3.05. The van der Waals surface area contributed by atoms with Gasteiger partial charge in [-0.1, -0.05) is 12.1 Å². The molecule has 6 nitrogen and oxygen atoms in total. The van der Waals surface area contributed by atoms with Crippen molar-refractivity contribution < 1.29 is 19.1 Å². The summed E-state index contributed by atoms with van der Waals surface area (Å²) in [6.45, 7) is 2.02. The van der Waals surface area contributed by atoms with Gasteiger partial charge in [0.1, 0.15) is 5.75 Å². The number of hydrogen-bond acceptors (Lipinski definition) is 5. The fraction of sp³-hybridized carbons (Fsp3) is 0.333. The second kappa shape index (κ2) is 9.19. The molecule has 0 radical (unpaired) electrons. The lowest BCUT2D eigenvalue weighted by Gasteiger charge is -2.10. The average molecular weight is 368 g/mol. The Morgan fingerprint density at radius 3 is 2.48 bits per heavy atom. The molecule has 1 heterocycles. The van der Waals surface area contributed by atoms with Gasteiger partial charge in [0.15, 0.2) is 6.61 Å². The number of esters is 1. The highest BCUT2D eigenvalue weighted by atomic mass is 16.6. The summed E-state index contributed by atoms with van der Waals surface area (Å²) in [5, 5.41) is 6.23. The standard InChI is InChI=1S/C21H24N2O4/c1-26-20(24)14-27-19-8-6-18(7-9-19)23-21(25)17-4-2-15(3-5-17)12-16-10-11-22-13-16/h2-9,16,22H,10-14H2,1H3,(H,23,25). The highest BCUT2D eigenvalue weighted by Gasteiger charge is 2.15. The minimum absolute atomic E-state index is 0.147.